The predicted octanol–water partition coefficient (Wildman–Crippen LogP) is 4.32. The van der Waals surface area contributed by atoms with Crippen molar-refractivity contribution in [2.24, 2.45) is 0 Å². The summed E-state index contributed by atoms with van der Waals surface area (Å²) in [5, 5.41) is 0.702. The highest BCUT2D eigenvalue weighted by atomic mass is 35.5. The quantitative estimate of drug-likeness (QED) is 0.904. The van der Waals surface area contributed by atoms with Gasteiger partial charge in [-0.05, 0) is 32.4 Å². The van der Waals surface area contributed by atoms with E-state index in [-0.39, 0.29) is 0 Å². The molecule has 1 aromatic heterocycles. The molecule has 0 unspecified atom stereocenters. The highest BCUT2D eigenvalue weighted by Gasteiger charge is 2.17. The van der Waals surface area contributed by atoms with Crippen molar-refractivity contribution in [3.8, 4) is 11.3 Å². The third kappa shape index (κ3) is 2.76. The monoisotopic (exact) mass is 277 g/mol. The van der Waals surface area contributed by atoms with E-state index in [2.05, 4.69) is 25.3 Å². The smallest absolute Gasteiger partial charge is 0.131 e. The lowest BCUT2D eigenvalue weighted by atomic mass is 10.1. The Morgan fingerprint density at radius 3 is 2.68 bits per heavy atom. The van der Waals surface area contributed by atoms with Crippen LogP contribution in [0.4, 0.5) is 5.82 Å². The number of nitrogen functional groups attached to an aromatic ring is 1. The Morgan fingerprint density at radius 2 is 2.11 bits per heavy atom. The van der Waals surface area contributed by atoms with E-state index in [1.165, 1.54) is 0 Å². The van der Waals surface area contributed by atoms with Crippen molar-refractivity contribution in [2.75, 3.05) is 5.73 Å². The second-order valence-corrected chi connectivity index (χ2v) is 5.42. The fourth-order valence-corrected chi connectivity index (χ4v) is 2.51. The zero-order valence-corrected chi connectivity index (χ0v) is 12.4. The molecular weight excluding hydrogens is 258 g/mol. The lowest BCUT2D eigenvalue weighted by Crippen LogP contribution is -2.09. The van der Waals surface area contributed by atoms with E-state index in [1.807, 2.05) is 24.3 Å². The Balaban J connectivity index is 2.55. The van der Waals surface area contributed by atoms with Crippen molar-refractivity contribution in [2.45, 2.75) is 39.7 Å². The largest absolute Gasteiger partial charge is 0.383 e. The van der Waals surface area contributed by atoms with Crippen molar-refractivity contribution in [1.29, 1.82) is 0 Å². The number of nitrogens with two attached hydrogens (primary N) is 1. The third-order valence-corrected chi connectivity index (χ3v) is 3.34. The number of benzene rings is 1. The van der Waals surface area contributed by atoms with Crippen LogP contribution < -0.4 is 5.73 Å². The first-order chi connectivity index (χ1) is 9.04. The van der Waals surface area contributed by atoms with Crippen LogP contribution in [-0.2, 0) is 6.42 Å². The number of aryl methyl sites for hydroxylation is 1. The first kappa shape index (κ1) is 13.9. The van der Waals surface area contributed by atoms with Gasteiger partial charge in [0.05, 0.1) is 0 Å². The molecule has 0 fully saturated rings. The SMILES string of the molecule is CCCc1nc(-c2cccc(Cl)c2)c(N)n1C(C)C. The van der Waals surface area contributed by atoms with Crippen molar-refractivity contribution >= 4 is 17.4 Å². The molecule has 0 aliphatic heterocycles. The lowest BCUT2D eigenvalue weighted by molar-refractivity contribution is 0.571. The van der Waals surface area contributed by atoms with Gasteiger partial charge in [0.1, 0.15) is 17.3 Å². The maximum absolute atomic E-state index is 6.27. The molecule has 3 nitrogen and oxygen atoms in total. The molecule has 0 radical (unpaired) electrons. The highest BCUT2D eigenvalue weighted by molar-refractivity contribution is 6.30. The average Bonchev–Trinajstić information content (AvgIpc) is 2.67. The number of imidazole rings is 1. The summed E-state index contributed by atoms with van der Waals surface area (Å²) in [6.45, 7) is 6.40. The van der Waals surface area contributed by atoms with Crippen LogP contribution in [0, 0.1) is 0 Å². The zero-order valence-electron chi connectivity index (χ0n) is 11.7. The van der Waals surface area contributed by atoms with Crippen molar-refractivity contribution in [1.82, 2.24) is 9.55 Å². The summed E-state index contributed by atoms with van der Waals surface area (Å²) in [6.07, 6.45) is 1.99. The molecule has 102 valence electrons. The lowest BCUT2D eigenvalue weighted by Gasteiger charge is -2.13. The molecule has 0 amide bonds. The fourth-order valence-electron chi connectivity index (χ4n) is 2.32. The van der Waals surface area contributed by atoms with Crippen LogP contribution in [0.2, 0.25) is 5.02 Å². The van der Waals surface area contributed by atoms with Gasteiger partial charge in [0.25, 0.3) is 0 Å². The Labute approximate surface area is 119 Å². The highest BCUT2D eigenvalue weighted by Crippen LogP contribution is 2.30. The van der Waals surface area contributed by atoms with E-state index in [1.54, 1.807) is 0 Å². The normalized spacial score (nSPS) is 11.2. The standard InChI is InChI=1S/C15H20ClN3/c1-4-6-13-18-14(15(17)19(13)10(2)3)11-7-5-8-12(16)9-11/h5,7-10H,4,6,17H2,1-3H3. The molecule has 2 N–H and O–H groups in total. The molecule has 4 heteroatoms. The molecule has 0 aliphatic rings. The molecule has 19 heavy (non-hydrogen) atoms. The molecular formula is C15H20ClN3. The minimum absolute atomic E-state index is 0.307. The summed E-state index contributed by atoms with van der Waals surface area (Å²) in [6, 6.07) is 7.98. The molecule has 0 atom stereocenters. The predicted molar refractivity (Wildman–Crippen MR) is 81.5 cm³/mol. The summed E-state index contributed by atoms with van der Waals surface area (Å²) in [5.74, 6) is 1.77. The Kier molecular flexibility index (Phi) is 4.15. The van der Waals surface area contributed by atoms with Crippen molar-refractivity contribution in [3.63, 3.8) is 0 Å². The zero-order chi connectivity index (χ0) is 14.0. The summed E-state index contributed by atoms with van der Waals surface area (Å²) in [4.78, 5) is 4.71. The van der Waals surface area contributed by atoms with Gasteiger partial charge in [0, 0.05) is 23.0 Å². The van der Waals surface area contributed by atoms with Crippen LogP contribution >= 0.6 is 11.6 Å². The van der Waals surface area contributed by atoms with Gasteiger partial charge in [-0.15, -0.1) is 0 Å². The van der Waals surface area contributed by atoms with E-state index in [4.69, 9.17) is 22.3 Å². The molecule has 2 aromatic rings. The second kappa shape index (κ2) is 5.66. The first-order valence-corrected chi connectivity index (χ1v) is 7.04. The summed E-state index contributed by atoms with van der Waals surface area (Å²) in [7, 11) is 0. The molecule has 0 saturated carbocycles. The molecule has 0 spiro atoms. The Hall–Kier alpha value is -1.48. The number of hydrogen-bond donors (Lipinski definition) is 1. The topological polar surface area (TPSA) is 43.8 Å². The Morgan fingerprint density at radius 1 is 1.37 bits per heavy atom. The molecule has 0 aliphatic carbocycles. The second-order valence-electron chi connectivity index (χ2n) is 4.99. The van der Waals surface area contributed by atoms with Crippen molar-refractivity contribution in [3.05, 3.63) is 35.1 Å². The van der Waals surface area contributed by atoms with Gasteiger partial charge in [0.2, 0.25) is 0 Å². The fraction of sp³-hybridized carbons (Fsp3) is 0.400. The molecule has 1 aromatic carbocycles. The van der Waals surface area contributed by atoms with Crippen LogP contribution in [0.5, 0.6) is 0 Å². The summed E-state index contributed by atoms with van der Waals surface area (Å²) >= 11 is 6.04. The Bertz CT molecular complexity index is 573. The first-order valence-electron chi connectivity index (χ1n) is 6.67. The van der Waals surface area contributed by atoms with E-state index in [9.17, 15) is 0 Å². The molecule has 0 bridgehead atoms. The van der Waals surface area contributed by atoms with Gasteiger partial charge < -0.3 is 10.3 Å². The number of nitrogens with zero attached hydrogens (tertiary/aromatic N) is 2. The molecule has 0 saturated heterocycles. The van der Waals surface area contributed by atoms with E-state index >= 15 is 0 Å². The number of anilines is 1. The van der Waals surface area contributed by atoms with Gasteiger partial charge in [-0.3, -0.25) is 0 Å². The van der Waals surface area contributed by atoms with Gasteiger partial charge in [-0.25, -0.2) is 4.98 Å². The minimum atomic E-state index is 0.307. The van der Waals surface area contributed by atoms with Crippen LogP contribution in [0.25, 0.3) is 11.3 Å². The van der Waals surface area contributed by atoms with E-state index in [0.29, 0.717) is 11.1 Å². The van der Waals surface area contributed by atoms with E-state index in [0.717, 1.165) is 35.7 Å². The number of rotatable bonds is 4. The van der Waals surface area contributed by atoms with Crippen LogP contribution in [-0.4, -0.2) is 9.55 Å². The maximum Gasteiger partial charge on any atom is 0.131 e. The summed E-state index contributed by atoms with van der Waals surface area (Å²) in [5.41, 5.74) is 8.08. The summed E-state index contributed by atoms with van der Waals surface area (Å²) < 4.78 is 2.11. The van der Waals surface area contributed by atoms with Crippen molar-refractivity contribution < 1.29 is 0 Å². The maximum atomic E-state index is 6.27. The average molecular weight is 278 g/mol. The van der Waals surface area contributed by atoms with Gasteiger partial charge in [0.15, 0.2) is 0 Å². The van der Waals surface area contributed by atoms with Crippen LogP contribution in [0.3, 0.4) is 0 Å². The number of aromatic nitrogens is 2. The van der Waals surface area contributed by atoms with Crippen LogP contribution in [0.1, 0.15) is 39.1 Å². The number of halogens is 1. The molecule has 1 heterocycles. The minimum Gasteiger partial charge on any atom is -0.383 e. The van der Waals surface area contributed by atoms with Crippen LogP contribution in [0.15, 0.2) is 24.3 Å². The van der Waals surface area contributed by atoms with E-state index < -0.39 is 0 Å². The van der Waals surface area contributed by atoms with Gasteiger partial charge >= 0.3 is 0 Å². The van der Waals surface area contributed by atoms with Gasteiger partial charge in [-0.1, -0.05) is 30.7 Å². The van der Waals surface area contributed by atoms with Gasteiger partial charge in [-0.2, -0.15) is 0 Å². The number of hydrogen-bond acceptors (Lipinski definition) is 2. The molecule has 2 rings (SSSR count). The third-order valence-electron chi connectivity index (χ3n) is 3.11.